The normalized spacial score (nSPS) is 21.9. The number of ether oxygens (including phenoxy) is 1. The first-order valence-electron chi connectivity index (χ1n) is 5.57. The Kier molecular flexibility index (Phi) is 4.11. The van der Waals surface area contributed by atoms with Gasteiger partial charge in [0.1, 0.15) is 0 Å². The zero-order valence-electron chi connectivity index (χ0n) is 9.88. The molecule has 0 radical (unpaired) electrons. The van der Waals surface area contributed by atoms with Crippen LogP contribution in [0.2, 0.25) is 0 Å². The third-order valence-corrected chi connectivity index (χ3v) is 3.05. The summed E-state index contributed by atoms with van der Waals surface area (Å²) in [6, 6.07) is 0.124. The van der Waals surface area contributed by atoms with Crippen molar-refractivity contribution in [3.05, 3.63) is 0 Å². The van der Waals surface area contributed by atoms with E-state index < -0.39 is 5.54 Å². The number of amides is 1. The van der Waals surface area contributed by atoms with E-state index in [1.807, 2.05) is 13.8 Å². The largest absolute Gasteiger partial charge is 0.385 e. The predicted molar refractivity (Wildman–Crippen MR) is 59.4 cm³/mol. The SMILES string of the molecule is COCCC(C)NC(=O)C(C)(N)C1CC1. The molecule has 0 aromatic rings. The van der Waals surface area contributed by atoms with E-state index >= 15 is 0 Å². The van der Waals surface area contributed by atoms with E-state index in [9.17, 15) is 4.79 Å². The van der Waals surface area contributed by atoms with Gasteiger partial charge in [-0.15, -0.1) is 0 Å². The van der Waals surface area contributed by atoms with E-state index in [1.54, 1.807) is 7.11 Å². The highest BCUT2D eigenvalue weighted by atomic mass is 16.5. The summed E-state index contributed by atoms with van der Waals surface area (Å²) < 4.78 is 4.96. The molecule has 0 aromatic heterocycles. The van der Waals surface area contributed by atoms with E-state index in [-0.39, 0.29) is 11.9 Å². The number of methoxy groups -OCH3 is 1. The minimum Gasteiger partial charge on any atom is -0.385 e. The van der Waals surface area contributed by atoms with Crippen LogP contribution >= 0.6 is 0 Å². The number of carbonyl (C=O) groups is 1. The Morgan fingerprint density at radius 1 is 1.67 bits per heavy atom. The zero-order chi connectivity index (χ0) is 11.5. The summed E-state index contributed by atoms with van der Waals surface area (Å²) >= 11 is 0. The minimum absolute atomic E-state index is 0.0337. The first-order chi connectivity index (χ1) is 6.98. The summed E-state index contributed by atoms with van der Waals surface area (Å²) in [6.07, 6.45) is 2.97. The van der Waals surface area contributed by atoms with Gasteiger partial charge in [-0.2, -0.15) is 0 Å². The van der Waals surface area contributed by atoms with Crippen molar-refractivity contribution in [3.8, 4) is 0 Å². The average Bonchev–Trinajstić information content (AvgIpc) is 2.97. The molecule has 4 nitrogen and oxygen atoms in total. The average molecular weight is 214 g/mol. The monoisotopic (exact) mass is 214 g/mol. The molecule has 0 aromatic carbocycles. The first kappa shape index (κ1) is 12.5. The van der Waals surface area contributed by atoms with Crippen LogP contribution in [-0.4, -0.2) is 31.2 Å². The van der Waals surface area contributed by atoms with Crippen LogP contribution < -0.4 is 11.1 Å². The van der Waals surface area contributed by atoms with Crippen LogP contribution in [0.15, 0.2) is 0 Å². The van der Waals surface area contributed by atoms with Crippen molar-refractivity contribution in [1.29, 1.82) is 0 Å². The second kappa shape index (κ2) is 4.94. The van der Waals surface area contributed by atoms with Gasteiger partial charge in [-0.3, -0.25) is 4.79 Å². The molecule has 1 amide bonds. The second-order valence-electron chi connectivity index (χ2n) is 4.71. The van der Waals surface area contributed by atoms with Crippen LogP contribution in [0.3, 0.4) is 0 Å². The lowest BCUT2D eigenvalue weighted by Crippen LogP contribution is -2.55. The van der Waals surface area contributed by atoms with E-state index in [0.717, 1.165) is 19.3 Å². The van der Waals surface area contributed by atoms with E-state index in [0.29, 0.717) is 12.5 Å². The Hall–Kier alpha value is -0.610. The number of hydrogen-bond donors (Lipinski definition) is 2. The van der Waals surface area contributed by atoms with Gasteiger partial charge < -0.3 is 15.8 Å². The molecule has 88 valence electrons. The molecular formula is C11H22N2O2. The van der Waals surface area contributed by atoms with E-state index in [4.69, 9.17) is 10.5 Å². The van der Waals surface area contributed by atoms with Crippen molar-refractivity contribution in [2.24, 2.45) is 11.7 Å². The molecule has 1 aliphatic carbocycles. The third kappa shape index (κ3) is 3.47. The van der Waals surface area contributed by atoms with Gasteiger partial charge in [-0.05, 0) is 39.0 Å². The Labute approximate surface area is 91.5 Å². The molecule has 15 heavy (non-hydrogen) atoms. The molecule has 0 spiro atoms. The van der Waals surface area contributed by atoms with Crippen molar-refractivity contribution in [2.75, 3.05) is 13.7 Å². The Balaban J connectivity index is 2.33. The number of rotatable bonds is 6. The molecule has 0 heterocycles. The van der Waals surface area contributed by atoms with Gasteiger partial charge in [0.05, 0.1) is 5.54 Å². The van der Waals surface area contributed by atoms with Crippen molar-refractivity contribution >= 4 is 5.91 Å². The summed E-state index contributed by atoms with van der Waals surface area (Å²) in [4.78, 5) is 11.8. The molecular weight excluding hydrogens is 192 g/mol. The fraction of sp³-hybridized carbons (Fsp3) is 0.909. The lowest BCUT2D eigenvalue weighted by molar-refractivity contribution is -0.127. The molecule has 2 atom stereocenters. The number of nitrogens with two attached hydrogens (primary N) is 1. The van der Waals surface area contributed by atoms with Crippen LogP contribution in [0.25, 0.3) is 0 Å². The fourth-order valence-electron chi connectivity index (χ4n) is 1.61. The minimum atomic E-state index is -0.693. The number of nitrogens with one attached hydrogen (secondary N) is 1. The van der Waals surface area contributed by atoms with Crippen LogP contribution in [0, 0.1) is 5.92 Å². The second-order valence-corrected chi connectivity index (χ2v) is 4.71. The van der Waals surface area contributed by atoms with Crippen LogP contribution in [-0.2, 0) is 9.53 Å². The highest BCUT2D eigenvalue weighted by molar-refractivity contribution is 5.86. The summed E-state index contributed by atoms with van der Waals surface area (Å²) in [5, 5.41) is 2.93. The molecule has 0 saturated heterocycles. The summed E-state index contributed by atoms with van der Waals surface area (Å²) in [5.74, 6) is 0.334. The molecule has 3 N–H and O–H groups in total. The molecule has 0 aliphatic heterocycles. The zero-order valence-corrected chi connectivity index (χ0v) is 9.88. The quantitative estimate of drug-likeness (QED) is 0.682. The lowest BCUT2D eigenvalue weighted by atomic mass is 9.96. The summed E-state index contributed by atoms with van der Waals surface area (Å²) in [5.41, 5.74) is 5.31. The van der Waals surface area contributed by atoms with Gasteiger partial charge in [0.15, 0.2) is 0 Å². The maximum atomic E-state index is 11.8. The maximum Gasteiger partial charge on any atom is 0.240 e. The van der Waals surface area contributed by atoms with Crippen molar-refractivity contribution in [1.82, 2.24) is 5.32 Å². The van der Waals surface area contributed by atoms with Gasteiger partial charge >= 0.3 is 0 Å². The molecule has 2 unspecified atom stereocenters. The van der Waals surface area contributed by atoms with Crippen LogP contribution in [0.4, 0.5) is 0 Å². The fourth-order valence-corrected chi connectivity index (χ4v) is 1.61. The molecule has 4 heteroatoms. The lowest BCUT2D eigenvalue weighted by Gasteiger charge is -2.25. The van der Waals surface area contributed by atoms with Gasteiger partial charge in [-0.25, -0.2) is 0 Å². The Bertz CT molecular complexity index is 225. The highest BCUT2D eigenvalue weighted by Crippen LogP contribution is 2.38. The standard InChI is InChI=1S/C11H22N2O2/c1-8(6-7-15-3)13-10(14)11(2,12)9-4-5-9/h8-9H,4-7,12H2,1-3H3,(H,13,14). The van der Waals surface area contributed by atoms with Crippen LogP contribution in [0.5, 0.6) is 0 Å². The maximum absolute atomic E-state index is 11.8. The van der Waals surface area contributed by atoms with E-state index in [2.05, 4.69) is 5.32 Å². The van der Waals surface area contributed by atoms with Gasteiger partial charge in [0, 0.05) is 19.8 Å². The number of carbonyl (C=O) groups excluding carboxylic acids is 1. The first-order valence-corrected chi connectivity index (χ1v) is 5.57. The van der Waals surface area contributed by atoms with Gasteiger partial charge in [-0.1, -0.05) is 0 Å². The summed E-state index contributed by atoms with van der Waals surface area (Å²) in [7, 11) is 1.66. The highest BCUT2D eigenvalue weighted by Gasteiger charge is 2.44. The smallest absolute Gasteiger partial charge is 0.240 e. The molecule has 0 bridgehead atoms. The number of hydrogen-bond acceptors (Lipinski definition) is 3. The topological polar surface area (TPSA) is 64.3 Å². The molecule has 1 fully saturated rings. The van der Waals surface area contributed by atoms with E-state index in [1.165, 1.54) is 0 Å². The molecule has 1 rings (SSSR count). The molecule has 1 saturated carbocycles. The van der Waals surface area contributed by atoms with Crippen molar-refractivity contribution in [3.63, 3.8) is 0 Å². The predicted octanol–water partition coefficient (Wildman–Crippen LogP) is 0.655. The van der Waals surface area contributed by atoms with Gasteiger partial charge in [0.2, 0.25) is 5.91 Å². The van der Waals surface area contributed by atoms with Crippen molar-refractivity contribution in [2.45, 2.75) is 44.7 Å². The Morgan fingerprint density at radius 2 is 2.27 bits per heavy atom. The van der Waals surface area contributed by atoms with Gasteiger partial charge in [0.25, 0.3) is 0 Å². The molecule has 1 aliphatic rings. The van der Waals surface area contributed by atoms with Crippen molar-refractivity contribution < 1.29 is 9.53 Å². The third-order valence-electron chi connectivity index (χ3n) is 3.05. The Morgan fingerprint density at radius 3 is 2.73 bits per heavy atom. The van der Waals surface area contributed by atoms with Crippen LogP contribution in [0.1, 0.15) is 33.1 Å². The summed E-state index contributed by atoms with van der Waals surface area (Å²) in [6.45, 7) is 4.45.